The topological polar surface area (TPSA) is 67.9 Å². The van der Waals surface area contributed by atoms with Gasteiger partial charge < -0.3 is 19.7 Å². The first-order valence-corrected chi connectivity index (χ1v) is 6.70. The fraction of sp³-hybridized carbons (Fsp3) is 0.833. The number of rotatable bonds is 2. The molecule has 0 radical (unpaired) electrons. The zero-order valence-electron chi connectivity index (χ0n) is 11.7. The van der Waals surface area contributed by atoms with Crippen molar-refractivity contribution in [3.05, 3.63) is 0 Å². The zero-order chi connectivity index (χ0) is 14.6. The van der Waals surface area contributed by atoms with Crippen molar-refractivity contribution >= 4 is 23.8 Å². The second kappa shape index (κ2) is 6.32. The van der Waals surface area contributed by atoms with E-state index in [4.69, 9.17) is 21.1 Å². The average molecular weight is 293 g/mol. The summed E-state index contributed by atoms with van der Waals surface area (Å²) in [5.41, 5.74) is -1.19. The molecule has 110 valence electrons. The molecule has 0 aromatic rings. The van der Waals surface area contributed by atoms with Crippen LogP contribution >= 0.6 is 11.6 Å². The Bertz CT molecular complexity index is 341. The Labute approximate surface area is 118 Å². The highest BCUT2D eigenvalue weighted by atomic mass is 35.5. The maximum atomic E-state index is 11.6. The van der Waals surface area contributed by atoms with Crippen LogP contribution in [0.3, 0.4) is 0 Å². The molecule has 2 unspecified atom stereocenters. The number of alkyl halides is 1. The van der Waals surface area contributed by atoms with Gasteiger partial charge in [-0.15, -0.1) is 0 Å². The lowest BCUT2D eigenvalue weighted by Crippen LogP contribution is -2.41. The fourth-order valence-electron chi connectivity index (χ4n) is 1.73. The standard InChI is InChI=1S/C12H21ClN2O4/c1-8(13)18-11(17)15-6-5-9(7-15)14-10(16)19-12(2,3)4/h8-9H,5-7H2,1-4H3,(H,14,16). The Morgan fingerprint density at radius 1 is 1.42 bits per heavy atom. The third-order valence-corrected chi connectivity index (χ3v) is 2.52. The Morgan fingerprint density at radius 2 is 2.05 bits per heavy atom. The van der Waals surface area contributed by atoms with Gasteiger partial charge in [0.25, 0.3) is 0 Å². The Morgan fingerprint density at radius 3 is 2.58 bits per heavy atom. The van der Waals surface area contributed by atoms with Crippen LogP contribution in [-0.2, 0) is 9.47 Å². The maximum Gasteiger partial charge on any atom is 0.411 e. The maximum absolute atomic E-state index is 11.6. The molecule has 1 N–H and O–H groups in total. The lowest BCUT2D eigenvalue weighted by atomic mass is 10.2. The molecule has 1 rings (SSSR count). The van der Waals surface area contributed by atoms with Crippen LogP contribution in [0.5, 0.6) is 0 Å². The van der Waals surface area contributed by atoms with Gasteiger partial charge in [0, 0.05) is 13.1 Å². The molecule has 1 heterocycles. The molecule has 0 saturated carbocycles. The minimum atomic E-state index is -0.662. The summed E-state index contributed by atoms with van der Waals surface area (Å²) in [6.45, 7) is 7.91. The molecular weight excluding hydrogens is 272 g/mol. The quantitative estimate of drug-likeness (QED) is 0.793. The first-order chi connectivity index (χ1) is 8.67. The van der Waals surface area contributed by atoms with Crippen LogP contribution in [0.25, 0.3) is 0 Å². The minimum Gasteiger partial charge on any atom is -0.444 e. The van der Waals surface area contributed by atoms with Gasteiger partial charge in [-0.1, -0.05) is 11.6 Å². The van der Waals surface area contributed by atoms with E-state index in [-0.39, 0.29) is 6.04 Å². The molecule has 2 atom stereocenters. The van der Waals surface area contributed by atoms with E-state index >= 15 is 0 Å². The van der Waals surface area contributed by atoms with E-state index in [2.05, 4.69) is 5.32 Å². The monoisotopic (exact) mass is 292 g/mol. The normalized spacial score (nSPS) is 20.9. The van der Waals surface area contributed by atoms with Crippen molar-refractivity contribution < 1.29 is 19.1 Å². The molecule has 1 aliphatic rings. The third kappa shape index (κ3) is 6.00. The number of hydrogen-bond acceptors (Lipinski definition) is 4. The van der Waals surface area contributed by atoms with Gasteiger partial charge in [0.2, 0.25) is 0 Å². The van der Waals surface area contributed by atoms with Crippen molar-refractivity contribution in [2.45, 2.75) is 51.3 Å². The van der Waals surface area contributed by atoms with E-state index in [0.717, 1.165) is 0 Å². The van der Waals surface area contributed by atoms with Crippen LogP contribution in [0.15, 0.2) is 0 Å². The Kier molecular flexibility index (Phi) is 5.29. The van der Waals surface area contributed by atoms with E-state index in [1.165, 1.54) is 4.90 Å². The number of ether oxygens (including phenoxy) is 2. The largest absolute Gasteiger partial charge is 0.444 e. The molecule has 1 fully saturated rings. The lowest BCUT2D eigenvalue weighted by Gasteiger charge is -2.22. The smallest absolute Gasteiger partial charge is 0.411 e. The Balaban J connectivity index is 2.36. The lowest BCUT2D eigenvalue weighted by molar-refractivity contribution is 0.0502. The van der Waals surface area contributed by atoms with E-state index in [1.807, 2.05) is 0 Å². The van der Waals surface area contributed by atoms with Crippen molar-refractivity contribution in [2.75, 3.05) is 13.1 Å². The number of alkyl carbamates (subject to hydrolysis) is 1. The number of carbonyl (C=O) groups excluding carboxylic acids is 2. The SMILES string of the molecule is CC(Cl)OC(=O)N1CCC(NC(=O)OC(C)(C)C)C1. The second-order valence-corrected chi connectivity index (χ2v) is 6.12. The van der Waals surface area contributed by atoms with Crippen molar-refractivity contribution in [3.63, 3.8) is 0 Å². The third-order valence-electron chi connectivity index (χ3n) is 2.43. The molecule has 0 bridgehead atoms. The molecule has 1 saturated heterocycles. The summed E-state index contributed by atoms with van der Waals surface area (Å²) in [6.07, 6.45) is -0.264. The summed E-state index contributed by atoms with van der Waals surface area (Å²) in [5.74, 6) is 0. The second-order valence-electron chi connectivity index (χ2n) is 5.50. The first-order valence-electron chi connectivity index (χ1n) is 6.26. The molecule has 1 aliphatic heterocycles. The summed E-state index contributed by atoms with van der Waals surface area (Å²) < 4.78 is 10.0. The molecular formula is C12H21ClN2O4. The van der Waals surface area contributed by atoms with Crippen LogP contribution in [0.2, 0.25) is 0 Å². The first kappa shape index (κ1) is 15.9. The minimum absolute atomic E-state index is 0.118. The highest BCUT2D eigenvalue weighted by Gasteiger charge is 2.30. The van der Waals surface area contributed by atoms with Gasteiger partial charge in [0.05, 0.1) is 6.04 Å². The molecule has 2 amide bonds. The molecule has 0 spiro atoms. The highest BCUT2D eigenvalue weighted by molar-refractivity contribution is 6.19. The molecule has 19 heavy (non-hydrogen) atoms. The molecule has 6 nitrogen and oxygen atoms in total. The molecule has 0 aromatic heterocycles. The Hall–Kier alpha value is -1.17. The number of likely N-dealkylation sites (tertiary alicyclic amines) is 1. The van der Waals surface area contributed by atoms with Crippen molar-refractivity contribution in [1.29, 1.82) is 0 Å². The summed E-state index contributed by atoms with van der Waals surface area (Å²) in [4.78, 5) is 24.7. The van der Waals surface area contributed by atoms with Crippen molar-refractivity contribution in [2.24, 2.45) is 0 Å². The van der Waals surface area contributed by atoms with Gasteiger partial charge in [-0.05, 0) is 34.1 Å². The van der Waals surface area contributed by atoms with E-state index in [0.29, 0.717) is 19.5 Å². The van der Waals surface area contributed by atoms with Crippen LogP contribution in [-0.4, -0.2) is 47.4 Å². The van der Waals surface area contributed by atoms with E-state index in [1.54, 1.807) is 27.7 Å². The van der Waals surface area contributed by atoms with Crippen molar-refractivity contribution in [3.8, 4) is 0 Å². The fourth-order valence-corrected chi connectivity index (χ4v) is 1.81. The molecule has 0 aliphatic carbocycles. The number of halogens is 1. The zero-order valence-corrected chi connectivity index (χ0v) is 12.5. The highest BCUT2D eigenvalue weighted by Crippen LogP contribution is 2.13. The number of nitrogens with zero attached hydrogens (tertiary/aromatic N) is 1. The van der Waals surface area contributed by atoms with Gasteiger partial charge >= 0.3 is 12.2 Å². The van der Waals surface area contributed by atoms with E-state index < -0.39 is 23.4 Å². The number of nitrogens with one attached hydrogen (secondary N) is 1. The number of carbonyl (C=O) groups is 2. The van der Waals surface area contributed by atoms with Crippen LogP contribution in [0, 0.1) is 0 Å². The predicted molar refractivity (Wildman–Crippen MR) is 71.1 cm³/mol. The van der Waals surface area contributed by atoms with Gasteiger partial charge in [-0.2, -0.15) is 0 Å². The summed E-state index contributed by atoms with van der Waals surface area (Å²) in [5, 5.41) is 2.73. The van der Waals surface area contributed by atoms with Gasteiger partial charge in [-0.3, -0.25) is 0 Å². The predicted octanol–water partition coefficient (Wildman–Crippen LogP) is 2.31. The van der Waals surface area contributed by atoms with Crippen molar-refractivity contribution in [1.82, 2.24) is 10.2 Å². The van der Waals surface area contributed by atoms with Crippen LogP contribution < -0.4 is 5.32 Å². The van der Waals surface area contributed by atoms with Crippen LogP contribution in [0.1, 0.15) is 34.1 Å². The van der Waals surface area contributed by atoms with E-state index in [9.17, 15) is 9.59 Å². The number of hydrogen-bond donors (Lipinski definition) is 1. The van der Waals surface area contributed by atoms with Gasteiger partial charge in [0.15, 0.2) is 5.56 Å². The summed E-state index contributed by atoms with van der Waals surface area (Å²) in [6, 6.07) is -0.118. The average Bonchev–Trinajstić information content (AvgIpc) is 2.61. The summed E-state index contributed by atoms with van der Waals surface area (Å²) >= 11 is 5.58. The van der Waals surface area contributed by atoms with Gasteiger partial charge in [-0.25, -0.2) is 9.59 Å². The number of amides is 2. The van der Waals surface area contributed by atoms with Gasteiger partial charge in [0.1, 0.15) is 5.60 Å². The van der Waals surface area contributed by atoms with Crippen LogP contribution in [0.4, 0.5) is 9.59 Å². The molecule has 7 heteroatoms. The summed E-state index contributed by atoms with van der Waals surface area (Å²) in [7, 11) is 0. The molecule has 0 aromatic carbocycles.